The third-order valence-electron chi connectivity index (χ3n) is 2.87. The third-order valence-corrected chi connectivity index (χ3v) is 2.87. The standard InChI is InChI=1S/C9H17N2O.Cr/c1-8-4-9(2-3-12-7-9)6-11(10)5-8;/h2-7,10H2,1H3;/q-1;. The average molecular weight is 221 g/mol. The molecule has 0 aromatic rings. The fourth-order valence-corrected chi connectivity index (χ4v) is 2.50. The maximum atomic E-state index is 5.84. The first-order valence-electron chi connectivity index (χ1n) is 4.59. The van der Waals surface area contributed by atoms with Crippen molar-refractivity contribution >= 4 is 0 Å². The summed E-state index contributed by atoms with van der Waals surface area (Å²) < 4.78 is 5.44. The molecule has 2 heterocycles. The number of nitrogens with two attached hydrogens (primary N) is 1. The number of hydrazine groups is 1. The molecule has 2 rings (SSSR count). The molecular formula is C9H17CrN2O-. The van der Waals surface area contributed by atoms with Crippen LogP contribution in [0.25, 0.3) is 0 Å². The molecule has 2 aliphatic rings. The Morgan fingerprint density at radius 3 is 2.85 bits per heavy atom. The average Bonchev–Trinajstić information content (AvgIpc) is 2.33. The fourth-order valence-electron chi connectivity index (χ4n) is 2.50. The second-order valence-electron chi connectivity index (χ2n) is 4.34. The van der Waals surface area contributed by atoms with E-state index in [9.17, 15) is 0 Å². The normalized spacial score (nSPS) is 36.5. The summed E-state index contributed by atoms with van der Waals surface area (Å²) >= 11 is 0. The van der Waals surface area contributed by atoms with Crippen molar-refractivity contribution < 1.29 is 22.1 Å². The van der Waals surface area contributed by atoms with Crippen molar-refractivity contribution in [1.29, 1.82) is 0 Å². The molecule has 4 heteroatoms. The van der Waals surface area contributed by atoms with Crippen LogP contribution < -0.4 is 5.84 Å². The number of nitrogens with zero attached hydrogens (tertiary/aromatic N) is 1. The molecule has 2 fully saturated rings. The quantitative estimate of drug-likeness (QED) is 0.480. The molecule has 0 aromatic carbocycles. The van der Waals surface area contributed by atoms with E-state index in [2.05, 4.69) is 6.92 Å². The minimum atomic E-state index is 0. The summed E-state index contributed by atoms with van der Waals surface area (Å²) in [6.45, 7) is 5.98. The summed E-state index contributed by atoms with van der Waals surface area (Å²) in [5.74, 6) is 7.33. The van der Waals surface area contributed by atoms with Gasteiger partial charge in [-0.2, -0.15) is 13.3 Å². The molecule has 3 nitrogen and oxygen atoms in total. The van der Waals surface area contributed by atoms with E-state index in [4.69, 9.17) is 10.6 Å². The molecule has 0 radical (unpaired) electrons. The van der Waals surface area contributed by atoms with Gasteiger partial charge in [0.2, 0.25) is 0 Å². The molecule has 0 bridgehead atoms. The van der Waals surface area contributed by atoms with E-state index in [1.54, 1.807) is 0 Å². The molecule has 2 aliphatic heterocycles. The zero-order valence-corrected chi connectivity index (χ0v) is 9.36. The summed E-state index contributed by atoms with van der Waals surface area (Å²) in [6.07, 6.45) is 2.39. The largest absolute Gasteiger partial charge is 0.381 e. The van der Waals surface area contributed by atoms with Gasteiger partial charge >= 0.3 is 0 Å². The van der Waals surface area contributed by atoms with Crippen molar-refractivity contribution in [2.75, 3.05) is 26.3 Å². The predicted molar refractivity (Wildman–Crippen MR) is 47.2 cm³/mol. The van der Waals surface area contributed by atoms with Crippen LogP contribution in [0.5, 0.6) is 0 Å². The Morgan fingerprint density at radius 1 is 1.54 bits per heavy atom. The van der Waals surface area contributed by atoms with Crippen LogP contribution in [-0.2, 0) is 22.1 Å². The van der Waals surface area contributed by atoms with Crippen molar-refractivity contribution in [1.82, 2.24) is 5.01 Å². The molecule has 2 saturated heterocycles. The van der Waals surface area contributed by atoms with Gasteiger partial charge in [-0.25, -0.2) is 0 Å². The monoisotopic (exact) mass is 221 g/mol. The maximum Gasteiger partial charge on any atom is 0.0511 e. The Bertz CT molecular complexity index is 159. The molecule has 13 heavy (non-hydrogen) atoms. The van der Waals surface area contributed by atoms with Gasteiger partial charge in [0.05, 0.1) is 6.61 Å². The Labute approximate surface area is 90.7 Å². The van der Waals surface area contributed by atoms with Crippen molar-refractivity contribution in [2.45, 2.75) is 19.8 Å². The summed E-state index contributed by atoms with van der Waals surface area (Å²) in [6, 6.07) is 0. The van der Waals surface area contributed by atoms with E-state index in [1.165, 1.54) is 18.8 Å². The molecular weight excluding hydrogens is 204 g/mol. The van der Waals surface area contributed by atoms with Crippen LogP contribution in [0.4, 0.5) is 0 Å². The van der Waals surface area contributed by atoms with Gasteiger partial charge in [0, 0.05) is 30.5 Å². The molecule has 0 aromatic heterocycles. The van der Waals surface area contributed by atoms with Crippen molar-refractivity contribution in [3.63, 3.8) is 0 Å². The number of ether oxygens (including phenoxy) is 1. The smallest absolute Gasteiger partial charge is 0.0511 e. The summed E-state index contributed by atoms with van der Waals surface area (Å²) in [5, 5.41) is 1.92. The Kier molecular flexibility index (Phi) is 3.79. The maximum absolute atomic E-state index is 5.84. The topological polar surface area (TPSA) is 38.5 Å². The molecule has 2 N–H and O–H groups in total. The second kappa shape index (κ2) is 4.29. The molecule has 0 aliphatic carbocycles. The summed E-state index contributed by atoms with van der Waals surface area (Å²) in [4.78, 5) is 0. The zero-order valence-electron chi connectivity index (χ0n) is 8.08. The van der Waals surface area contributed by atoms with Gasteiger partial charge in [-0.3, -0.25) is 10.9 Å². The Morgan fingerprint density at radius 2 is 2.31 bits per heavy atom. The van der Waals surface area contributed by atoms with E-state index in [-0.39, 0.29) is 17.4 Å². The number of rotatable bonds is 0. The third kappa shape index (κ3) is 2.46. The van der Waals surface area contributed by atoms with Crippen LogP contribution >= 0.6 is 0 Å². The van der Waals surface area contributed by atoms with Gasteiger partial charge in [-0.05, 0) is 11.8 Å². The Hall–Kier alpha value is 0.412. The molecule has 76 valence electrons. The Balaban J connectivity index is 0.000000845. The predicted octanol–water partition coefficient (Wildman–Crippen LogP) is 0.564. The first-order valence-corrected chi connectivity index (χ1v) is 4.59. The van der Waals surface area contributed by atoms with E-state index in [0.29, 0.717) is 5.41 Å². The number of piperidine rings is 1. The van der Waals surface area contributed by atoms with Gasteiger partial charge in [0.25, 0.3) is 0 Å². The van der Waals surface area contributed by atoms with Crippen LogP contribution in [0.15, 0.2) is 0 Å². The number of hydrogen-bond acceptors (Lipinski definition) is 3. The van der Waals surface area contributed by atoms with Gasteiger partial charge in [-0.15, -0.1) is 6.54 Å². The summed E-state index contributed by atoms with van der Waals surface area (Å²) in [7, 11) is 0. The molecule has 1 spiro atoms. The molecule has 1 unspecified atom stereocenters. The van der Waals surface area contributed by atoms with Crippen molar-refractivity contribution in [3.05, 3.63) is 5.92 Å². The van der Waals surface area contributed by atoms with Crippen LogP contribution in [0.1, 0.15) is 19.8 Å². The van der Waals surface area contributed by atoms with Crippen LogP contribution in [0, 0.1) is 11.3 Å². The summed E-state index contributed by atoms with van der Waals surface area (Å²) in [5.41, 5.74) is 0.358. The van der Waals surface area contributed by atoms with Crippen molar-refractivity contribution in [2.24, 2.45) is 11.3 Å². The molecule has 0 amide bonds. The van der Waals surface area contributed by atoms with Gasteiger partial charge in [-0.1, -0.05) is 0 Å². The second-order valence-corrected chi connectivity index (χ2v) is 4.34. The minimum absolute atomic E-state index is 0. The first-order chi connectivity index (χ1) is 5.70. The van der Waals surface area contributed by atoms with E-state index >= 15 is 0 Å². The van der Waals surface area contributed by atoms with E-state index in [1.807, 2.05) is 5.01 Å². The van der Waals surface area contributed by atoms with Crippen LogP contribution in [0.2, 0.25) is 0 Å². The number of hydrogen-bond donors (Lipinski definition) is 1. The van der Waals surface area contributed by atoms with Gasteiger partial charge in [0.15, 0.2) is 0 Å². The van der Waals surface area contributed by atoms with Gasteiger partial charge in [0.1, 0.15) is 0 Å². The fraction of sp³-hybridized carbons (Fsp3) is 0.889. The minimum Gasteiger partial charge on any atom is -0.381 e. The van der Waals surface area contributed by atoms with Crippen LogP contribution in [0.3, 0.4) is 0 Å². The van der Waals surface area contributed by atoms with E-state index < -0.39 is 0 Å². The van der Waals surface area contributed by atoms with E-state index in [0.717, 1.165) is 26.3 Å². The zero-order chi connectivity index (χ0) is 8.60. The van der Waals surface area contributed by atoms with Gasteiger partial charge < -0.3 is 10.7 Å². The first kappa shape index (κ1) is 11.5. The SMILES string of the molecule is C[C-]1CN(N)CC2(CCOC2)C1.[Cr]. The van der Waals surface area contributed by atoms with Crippen LogP contribution in [-0.4, -0.2) is 31.3 Å². The molecule has 1 atom stereocenters. The van der Waals surface area contributed by atoms with Crippen molar-refractivity contribution in [3.8, 4) is 0 Å². The molecule has 0 saturated carbocycles.